The van der Waals surface area contributed by atoms with Crippen molar-refractivity contribution in [2.75, 3.05) is 32.1 Å². The van der Waals surface area contributed by atoms with Gasteiger partial charge in [0.05, 0.1) is 38.3 Å². The molecule has 9 nitrogen and oxygen atoms in total. The zero-order valence-electron chi connectivity index (χ0n) is 23.3. The van der Waals surface area contributed by atoms with Crippen LogP contribution in [0.2, 0.25) is 0 Å². The SMILES string of the molecule is CCOC(=O)c1ccc(NC(=O)N([C@@H]2CC[N+](C)(Cc3ccc(F)cc3)C2)[C@@H](Cc2ccc(O)cc2)C(N)=O)cc1. The fourth-order valence-corrected chi connectivity index (χ4v) is 5.40. The van der Waals surface area contributed by atoms with Crippen LogP contribution in [0.3, 0.4) is 0 Å². The molecular formula is C31H36FN4O5+. The standard InChI is InChI=1S/C31H35FN4O5/c1-3-41-30(39)23-8-12-25(13-9-23)34-31(40)35(28(29(33)38)18-21-6-14-27(37)15-7-21)26-16-17-36(2,20-26)19-22-4-10-24(32)11-5-22/h4-15,26,28H,3,16-20H2,1-2H3,(H3-,33,34,37,38,39,40)/p+1/t26-,28+,36?/m1/s1. The van der Waals surface area contributed by atoms with Gasteiger partial charge < -0.3 is 30.3 Å². The molecule has 1 fully saturated rings. The Balaban J connectivity index is 1.59. The summed E-state index contributed by atoms with van der Waals surface area (Å²) in [5.74, 6) is -1.31. The molecule has 0 bridgehead atoms. The number of likely N-dealkylation sites (N-methyl/N-ethyl adjacent to an activating group) is 1. The van der Waals surface area contributed by atoms with E-state index in [0.29, 0.717) is 35.2 Å². The molecule has 1 unspecified atom stereocenters. The molecule has 0 saturated carbocycles. The van der Waals surface area contributed by atoms with Crippen molar-refractivity contribution in [3.05, 3.63) is 95.3 Å². The van der Waals surface area contributed by atoms with Crippen LogP contribution in [-0.4, -0.2) is 71.2 Å². The lowest BCUT2D eigenvalue weighted by Gasteiger charge is -2.36. The number of carbonyl (C=O) groups excluding carboxylic acids is 3. The lowest BCUT2D eigenvalue weighted by atomic mass is 10.0. The second-order valence-corrected chi connectivity index (χ2v) is 10.7. The molecule has 10 heteroatoms. The van der Waals surface area contributed by atoms with E-state index in [1.807, 2.05) is 0 Å². The fourth-order valence-electron chi connectivity index (χ4n) is 5.40. The van der Waals surface area contributed by atoms with Crippen molar-refractivity contribution in [1.29, 1.82) is 0 Å². The van der Waals surface area contributed by atoms with E-state index in [1.165, 1.54) is 29.2 Å². The Morgan fingerprint density at radius 2 is 1.68 bits per heavy atom. The third-order valence-corrected chi connectivity index (χ3v) is 7.44. The Labute approximate surface area is 238 Å². The molecule has 1 aliphatic rings. The number of nitrogens with zero attached hydrogens (tertiary/aromatic N) is 2. The molecule has 0 aromatic heterocycles. The summed E-state index contributed by atoms with van der Waals surface area (Å²) in [6.45, 7) is 3.92. The largest absolute Gasteiger partial charge is 0.508 e. The van der Waals surface area contributed by atoms with Crippen molar-refractivity contribution in [2.24, 2.45) is 5.73 Å². The number of rotatable bonds is 10. The quantitative estimate of drug-likeness (QED) is 0.254. The number of phenols is 1. The van der Waals surface area contributed by atoms with Crippen molar-refractivity contribution in [2.45, 2.75) is 38.4 Å². The minimum Gasteiger partial charge on any atom is -0.508 e. The minimum atomic E-state index is -0.958. The first-order valence-corrected chi connectivity index (χ1v) is 13.6. The summed E-state index contributed by atoms with van der Waals surface area (Å²) in [4.78, 5) is 40.2. The van der Waals surface area contributed by atoms with Crippen LogP contribution in [0.5, 0.6) is 5.75 Å². The fraction of sp³-hybridized carbons (Fsp3) is 0.323. The highest BCUT2D eigenvalue weighted by atomic mass is 19.1. The van der Waals surface area contributed by atoms with Crippen molar-refractivity contribution in [1.82, 2.24) is 4.90 Å². The van der Waals surface area contributed by atoms with E-state index >= 15 is 0 Å². The molecule has 4 rings (SSSR count). The maximum Gasteiger partial charge on any atom is 0.338 e. The molecule has 1 heterocycles. The van der Waals surface area contributed by atoms with Gasteiger partial charge in [0.1, 0.15) is 24.2 Å². The molecule has 3 aromatic rings. The third kappa shape index (κ3) is 7.61. The number of aromatic hydroxyl groups is 1. The van der Waals surface area contributed by atoms with Crippen molar-refractivity contribution >= 4 is 23.6 Å². The van der Waals surface area contributed by atoms with Gasteiger partial charge in [-0.2, -0.15) is 0 Å². The smallest absolute Gasteiger partial charge is 0.338 e. The molecule has 0 aliphatic carbocycles. The minimum absolute atomic E-state index is 0.0925. The van der Waals surface area contributed by atoms with Crippen LogP contribution in [0, 0.1) is 5.82 Å². The lowest BCUT2D eigenvalue weighted by molar-refractivity contribution is -0.911. The number of anilines is 1. The van der Waals surface area contributed by atoms with Gasteiger partial charge in [0.15, 0.2) is 0 Å². The van der Waals surface area contributed by atoms with Crippen LogP contribution in [0.4, 0.5) is 14.9 Å². The molecule has 0 radical (unpaired) electrons. The van der Waals surface area contributed by atoms with Gasteiger partial charge in [-0.1, -0.05) is 24.3 Å². The van der Waals surface area contributed by atoms with Gasteiger partial charge >= 0.3 is 12.0 Å². The predicted molar refractivity (Wildman–Crippen MR) is 152 cm³/mol. The molecule has 0 spiro atoms. The molecule has 3 atom stereocenters. The molecule has 216 valence electrons. The molecule has 3 aromatic carbocycles. The van der Waals surface area contributed by atoms with E-state index in [2.05, 4.69) is 12.4 Å². The van der Waals surface area contributed by atoms with Gasteiger partial charge in [-0.3, -0.25) is 4.79 Å². The van der Waals surface area contributed by atoms with Gasteiger partial charge in [-0.25, -0.2) is 14.0 Å². The highest BCUT2D eigenvalue weighted by Crippen LogP contribution is 2.28. The van der Waals surface area contributed by atoms with Crippen LogP contribution in [-0.2, 0) is 22.5 Å². The molecule has 3 amide bonds. The third-order valence-electron chi connectivity index (χ3n) is 7.44. The Morgan fingerprint density at radius 3 is 2.29 bits per heavy atom. The molecular weight excluding hydrogens is 527 g/mol. The second-order valence-electron chi connectivity index (χ2n) is 10.7. The summed E-state index contributed by atoms with van der Waals surface area (Å²) in [7, 11) is 2.08. The zero-order chi connectivity index (χ0) is 29.6. The van der Waals surface area contributed by atoms with Gasteiger partial charge in [-0.05, 0) is 61.0 Å². The number of hydrogen-bond acceptors (Lipinski definition) is 5. The number of ether oxygens (including phenoxy) is 1. The molecule has 1 saturated heterocycles. The first-order chi connectivity index (χ1) is 19.6. The predicted octanol–water partition coefficient (Wildman–Crippen LogP) is 4.06. The summed E-state index contributed by atoms with van der Waals surface area (Å²) in [6.07, 6.45) is 0.801. The molecule has 4 N–H and O–H groups in total. The van der Waals surface area contributed by atoms with Crippen LogP contribution in [0.15, 0.2) is 72.8 Å². The maximum atomic E-state index is 13.8. The van der Waals surface area contributed by atoms with Gasteiger partial charge in [0, 0.05) is 24.1 Å². The van der Waals surface area contributed by atoms with E-state index in [-0.39, 0.29) is 30.6 Å². The van der Waals surface area contributed by atoms with Crippen LogP contribution in [0.1, 0.15) is 34.8 Å². The lowest BCUT2D eigenvalue weighted by Crippen LogP contribution is -2.56. The highest BCUT2D eigenvalue weighted by molar-refractivity contribution is 5.95. The van der Waals surface area contributed by atoms with Crippen molar-refractivity contribution < 1.29 is 33.1 Å². The summed E-state index contributed by atoms with van der Waals surface area (Å²) >= 11 is 0. The van der Waals surface area contributed by atoms with Gasteiger partial charge in [0.2, 0.25) is 5.91 Å². The summed E-state index contributed by atoms with van der Waals surface area (Å²) in [6, 6.07) is 17.4. The number of quaternary nitrogens is 1. The van der Waals surface area contributed by atoms with Crippen molar-refractivity contribution in [3.63, 3.8) is 0 Å². The summed E-state index contributed by atoms with van der Waals surface area (Å²) < 4.78 is 19.1. The average Bonchev–Trinajstić information content (AvgIpc) is 3.32. The maximum absolute atomic E-state index is 13.8. The van der Waals surface area contributed by atoms with E-state index in [4.69, 9.17) is 10.5 Å². The average molecular weight is 564 g/mol. The number of phenolic OH excluding ortho intramolecular Hbond substituents is 1. The summed E-state index contributed by atoms with van der Waals surface area (Å²) in [5, 5.41) is 12.6. The molecule has 1 aliphatic heterocycles. The monoisotopic (exact) mass is 563 g/mol. The number of nitrogens with two attached hydrogens (primary N) is 1. The number of nitrogens with one attached hydrogen (secondary N) is 1. The number of benzene rings is 3. The first-order valence-electron chi connectivity index (χ1n) is 13.6. The number of primary amides is 1. The highest BCUT2D eigenvalue weighted by Gasteiger charge is 2.43. The van der Waals surface area contributed by atoms with E-state index in [9.17, 15) is 23.9 Å². The van der Waals surface area contributed by atoms with Gasteiger partial charge in [-0.15, -0.1) is 0 Å². The number of esters is 1. The second kappa shape index (κ2) is 12.8. The van der Waals surface area contributed by atoms with Crippen LogP contribution < -0.4 is 11.1 Å². The number of hydrogen-bond donors (Lipinski definition) is 3. The Hall–Kier alpha value is -4.44. The van der Waals surface area contributed by atoms with Crippen molar-refractivity contribution in [3.8, 4) is 5.75 Å². The van der Waals surface area contributed by atoms with E-state index in [1.54, 1.807) is 55.5 Å². The van der Waals surface area contributed by atoms with E-state index < -0.39 is 23.9 Å². The number of urea groups is 1. The number of halogens is 1. The number of carbonyl (C=O) groups is 3. The Bertz CT molecular complexity index is 1360. The summed E-state index contributed by atoms with van der Waals surface area (Å²) in [5.41, 5.74) is 8.42. The Kier molecular flexibility index (Phi) is 9.24. The zero-order valence-corrected chi connectivity index (χ0v) is 23.3. The Morgan fingerprint density at radius 1 is 1.05 bits per heavy atom. The number of amides is 3. The normalized spacial score (nSPS) is 18.9. The number of likely N-dealkylation sites (tertiary alicyclic amines) is 1. The van der Waals surface area contributed by atoms with Gasteiger partial charge in [0.25, 0.3) is 0 Å². The topological polar surface area (TPSA) is 122 Å². The first kappa shape index (κ1) is 29.5. The molecule has 41 heavy (non-hydrogen) atoms. The van der Waals surface area contributed by atoms with Crippen LogP contribution in [0.25, 0.3) is 0 Å². The van der Waals surface area contributed by atoms with E-state index in [0.717, 1.165) is 17.7 Å². The van der Waals surface area contributed by atoms with Crippen LogP contribution >= 0.6 is 0 Å².